The van der Waals surface area contributed by atoms with Crippen LogP contribution in [0.2, 0.25) is 5.15 Å². The zero-order valence-electron chi connectivity index (χ0n) is 12.0. The van der Waals surface area contributed by atoms with Crippen molar-refractivity contribution in [2.75, 3.05) is 7.05 Å². The standard InChI is InChI=1S/C16H17ClN2O2/c1-10-8-13(10)14-6-5-11(21-14)9-19(2)16(20)12-4-3-7-18-15(12)17/h3-7,10,13H,8-9H2,1-2H3. The van der Waals surface area contributed by atoms with Crippen LogP contribution in [0.15, 0.2) is 34.9 Å². The number of amides is 1. The molecule has 2 heterocycles. The van der Waals surface area contributed by atoms with E-state index in [1.807, 2.05) is 12.1 Å². The molecule has 2 aromatic heterocycles. The average Bonchev–Trinajstić information content (AvgIpc) is 3.01. The van der Waals surface area contributed by atoms with Crippen molar-refractivity contribution < 1.29 is 9.21 Å². The second kappa shape index (κ2) is 5.53. The molecule has 0 saturated heterocycles. The van der Waals surface area contributed by atoms with Gasteiger partial charge in [0.1, 0.15) is 16.7 Å². The third kappa shape index (κ3) is 2.95. The summed E-state index contributed by atoms with van der Waals surface area (Å²) in [6.45, 7) is 2.64. The van der Waals surface area contributed by atoms with Crippen molar-refractivity contribution in [2.24, 2.45) is 5.92 Å². The molecule has 1 amide bonds. The van der Waals surface area contributed by atoms with Crippen molar-refractivity contribution in [2.45, 2.75) is 25.8 Å². The first kappa shape index (κ1) is 14.1. The summed E-state index contributed by atoms with van der Waals surface area (Å²) in [5, 5.41) is 0.223. The van der Waals surface area contributed by atoms with Gasteiger partial charge in [0.2, 0.25) is 0 Å². The molecule has 0 spiro atoms. The quantitative estimate of drug-likeness (QED) is 0.809. The normalized spacial score (nSPS) is 20.3. The van der Waals surface area contributed by atoms with Crippen molar-refractivity contribution in [1.29, 1.82) is 0 Å². The van der Waals surface area contributed by atoms with Crippen molar-refractivity contribution in [3.63, 3.8) is 0 Å². The Bertz CT molecular complexity index is 668. The summed E-state index contributed by atoms with van der Waals surface area (Å²) in [5.41, 5.74) is 0.407. The summed E-state index contributed by atoms with van der Waals surface area (Å²) in [4.78, 5) is 17.8. The Morgan fingerprint density at radius 3 is 2.90 bits per heavy atom. The molecule has 1 aliphatic carbocycles. The fourth-order valence-electron chi connectivity index (χ4n) is 2.45. The van der Waals surface area contributed by atoms with Crippen LogP contribution in [0.5, 0.6) is 0 Å². The Balaban J connectivity index is 1.68. The molecule has 1 aliphatic rings. The molecule has 1 fully saturated rings. The van der Waals surface area contributed by atoms with Gasteiger partial charge in [-0.25, -0.2) is 4.98 Å². The zero-order valence-corrected chi connectivity index (χ0v) is 12.8. The van der Waals surface area contributed by atoms with Crippen LogP contribution in [0.1, 0.15) is 41.1 Å². The maximum Gasteiger partial charge on any atom is 0.257 e. The maximum atomic E-state index is 12.3. The van der Waals surface area contributed by atoms with Gasteiger partial charge in [-0.15, -0.1) is 0 Å². The highest BCUT2D eigenvalue weighted by molar-refractivity contribution is 6.32. The van der Waals surface area contributed by atoms with Crippen LogP contribution in [-0.2, 0) is 6.54 Å². The lowest BCUT2D eigenvalue weighted by molar-refractivity contribution is 0.0774. The summed E-state index contributed by atoms with van der Waals surface area (Å²) in [5.74, 6) is 2.91. The number of aromatic nitrogens is 1. The molecule has 4 nitrogen and oxygen atoms in total. The van der Waals surface area contributed by atoms with E-state index in [1.165, 1.54) is 6.42 Å². The first-order chi connectivity index (χ1) is 10.1. The molecule has 0 N–H and O–H groups in total. The summed E-state index contributed by atoms with van der Waals surface area (Å²) in [7, 11) is 1.73. The van der Waals surface area contributed by atoms with Gasteiger partial charge in [-0.05, 0) is 36.6 Å². The number of rotatable bonds is 4. The number of carbonyl (C=O) groups is 1. The fourth-order valence-corrected chi connectivity index (χ4v) is 2.65. The van der Waals surface area contributed by atoms with Crippen LogP contribution in [0.25, 0.3) is 0 Å². The summed E-state index contributed by atoms with van der Waals surface area (Å²) >= 11 is 5.95. The molecule has 110 valence electrons. The molecule has 0 radical (unpaired) electrons. The molecule has 1 saturated carbocycles. The van der Waals surface area contributed by atoms with Crippen LogP contribution in [0.4, 0.5) is 0 Å². The van der Waals surface area contributed by atoms with E-state index in [9.17, 15) is 4.79 Å². The van der Waals surface area contributed by atoms with Gasteiger partial charge in [0, 0.05) is 19.2 Å². The third-order valence-corrected chi connectivity index (χ3v) is 4.19. The van der Waals surface area contributed by atoms with Gasteiger partial charge in [0.05, 0.1) is 12.1 Å². The number of hydrogen-bond donors (Lipinski definition) is 0. The number of hydrogen-bond acceptors (Lipinski definition) is 3. The van der Waals surface area contributed by atoms with Crippen LogP contribution in [0, 0.1) is 5.92 Å². The third-order valence-electron chi connectivity index (χ3n) is 3.89. The molecule has 21 heavy (non-hydrogen) atoms. The monoisotopic (exact) mass is 304 g/mol. The highest BCUT2D eigenvalue weighted by Gasteiger charge is 2.36. The van der Waals surface area contributed by atoms with Gasteiger partial charge in [0.15, 0.2) is 0 Å². The SMILES string of the molecule is CC1CC1c1ccc(CN(C)C(=O)c2cccnc2Cl)o1. The molecule has 0 aromatic carbocycles. The molecule has 0 aliphatic heterocycles. The number of halogens is 1. The lowest BCUT2D eigenvalue weighted by Crippen LogP contribution is -2.26. The fraction of sp³-hybridized carbons (Fsp3) is 0.375. The topological polar surface area (TPSA) is 46.3 Å². The minimum atomic E-state index is -0.161. The lowest BCUT2D eigenvalue weighted by Gasteiger charge is -2.16. The van der Waals surface area contributed by atoms with E-state index in [0.29, 0.717) is 23.9 Å². The number of nitrogens with zero attached hydrogens (tertiary/aromatic N) is 2. The molecule has 2 unspecified atom stereocenters. The zero-order chi connectivity index (χ0) is 15.0. The Labute approximate surface area is 128 Å². The first-order valence-electron chi connectivity index (χ1n) is 7.01. The number of carbonyl (C=O) groups excluding carboxylic acids is 1. The van der Waals surface area contributed by atoms with E-state index >= 15 is 0 Å². The van der Waals surface area contributed by atoms with E-state index in [0.717, 1.165) is 11.5 Å². The van der Waals surface area contributed by atoms with Crippen molar-refractivity contribution >= 4 is 17.5 Å². The van der Waals surface area contributed by atoms with Gasteiger partial charge < -0.3 is 9.32 Å². The smallest absolute Gasteiger partial charge is 0.257 e. The summed E-state index contributed by atoms with van der Waals surface area (Å²) < 4.78 is 5.82. The minimum absolute atomic E-state index is 0.161. The number of pyridine rings is 1. The largest absolute Gasteiger partial charge is 0.464 e. The van der Waals surface area contributed by atoms with Gasteiger partial charge in [-0.3, -0.25) is 4.79 Å². The molecule has 2 aromatic rings. The first-order valence-corrected chi connectivity index (χ1v) is 7.38. The van der Waals surface area contributed by atoms with E-state index in [4.69, 9.17) is 16.0 Å². The van der Waals surface area contributed by atoms with Crippen LogP contribution in [0.3, 0.4) is 0 Å². The van der Waals surface area contributed by atoms with Crippen LogP contribution < -0.4 is 0 Å². The predicted octanol–water partition coefficient (Wildman–Crippen LogP) is 3.72. The van der Waals surface area contributed by atoms with Crippen molar-refractivity contribution in [3.05, 3.63) is 52.7 Å². The highest BCUT2D eigenvalue weighted by Crippen LogP contribution is 2.47. The van der Waals surface area contributed by atoms with Crippen molar-refractivity contribution in [3.8, 4) is 0 Å². The molecular weight excluding hydrogens is 288 g/mol. The number of furan rings is 1. The van der Waals surface area contributed by atoms with Gasteiger partial charge >= 0.3 is 0 Å². The van der Waals surface area contributed by atoms with Gasteiger partial charge in [-0.1, -0.05) is 18.5 Å². The van der Waals surface area contributed by atoms with E-state index in [1.54, 1.807) is 30.3 Å². The predicted molar refractivity (Wildman–Crippen MR) is 80.3 cm³/mol. The Morgan fingerprint density at radius 1 is 1.48 bits per heavy atom. The summed E-state index contributed by atoms with van der Waals surface area (Å²) in [6.07, 6.45) is 2.75. The minimum Gasteiger partial charge on any atom is -0.464 e. The Hall–Kier alpha value is -1.81. The van der Waals surface area contributed by atoms with E-state index in [-0.39, 0.29) is 11.1 Å². The summed E-state index contributed by atoms with van der Waals surface area (Å²) in [6, 6.07) is 7.33. The van der Waals surface area contributed by atoms with Gasteiger partial charge in [-0.2, -0.15) is 0 Å². The van der Waals surface area contributed by atoms with Gasteiger partial charge in [0.25, 0.3) is 5.91 Å². The van der Waals surface area contributed by atoms with Crippen LogP contribution >= 0.6 is 11.6 Å². The molecule has 2 atom stereocenters. The van der Waals surface area contributed by atoms with E-state index < -0.39 is 0 Å². The second-order valence-corrected chi connectivity index (χ2v) is 5.98. The lowest BCUT2D eigenvalue weighted by atomic mass is 10.2. The maximum absolute atomic E-state index is 12.3. The molecule has 5 heteroatoms. The van der Waals surface area contributed by atoms with Crippen LogP contribution in [-0.4, -0.2) is 22.8 Å². The Kier molecular flexibility index (Phi) is 3.72. The Morgan fingerprint density at radius 2 is 2.24 bits per heavy atom. The van der Waals surface area contributed by atoms with Crippen molar-refractivity contribution in [1.82, 2.24) is 9.88 Å². The molecular formula is C16H17ClN2O2. The molecule has 0 bridgehead atoms. The molecule has 3 rings (SSSR count). The van der Waals surface area contributed by atoms with E-state index in [2.05, 4.69) is 11.9 Å². The average molecular weight is 305 g/mol. The second-order valence-electron chi connectivity index (χ2n) is 5.63. The highest BCUT2D eigenvalue weighted by atomic mass is 35.5.